The van der Waals surface area contributed by atoms with Crippen molar-refractivity contribution in [1.29, 1.82) is 0 Å². The van der Waals surface area contributed by atoms with Crippen molar-refractivity contribution in [2.45, 2.75) is 46.0 Å². The Bertz CT molecular complexity index is 210. The van der Waals surface area contributed by atoms with Crippen LogP contribution in [-0.4, -0.2) is 24.2 Å². The maximum Gasteiger partial charge on any atom is 0.223 e. The molecule has 16 heavy (non-hydrogen) atoms. The van der Waals surface area contributed by atoms with E-state index in [0.29, 0.717) is 12.5 Å². The zero-order valence-electron chi connectivity index (χ0n) is 10.5. The molecule has 1 atom stereocenters. The average molecular weight is 227 g/mol. The fourth-order valence-corrected chi connectivity index (χ4v) is 2.26. The molecule has 0 radical (unpaired) electrons. The molecule has 1 rings (SSSR count). The molecule has 0 heterocycles. The summed E-state index contributed by atoms with van der Waals surface area (Å²) in [6, 6.07) is 0. The number of nitrogens with one attached hydrogen (secondary N) is 1. The highest BCUT2D eigenvalue weighted by molar-refractivity contribution is 5.78. The predicted molar refractivity (Wildman–Crippen MR) is 65.0 cm³/mol. The van der Waals surface area contributed by atoms with Crippen molar-refractivity contribution in [3.8, 4) is 0 Å². The number of hydrogen-bond donors (Lipinski definition) is 2. The number of carbonyl (C=O) groups is 1. The Kier molecular flexibility index (Phi) is 5.81. The third kappa shape index (κ3) is 4.52. The van der Waals surface area contributed by atoms with Crippen LogP contribution < -0.4 is 5.32 Å². The second-order valence-corrected chi connectivity index (χ2v) is 5.32. The summed E-state index contributed by atoms with van der Waals surface area (Å²) in [5.41, 5.74) is 0. The highest BCUT2D eigenvalue weighted by Crippen LogP contribution is 2.28. The van der Waals surface area contributed by atoms with Crippen molar-refractivity contribution in [3.63, 3.8) is 0 Å². The maximum atomic E-state index is 11.8. The lowest BCUT2D eigenvalue weighted by Crippen LogP contribution is -2.35. The summed E-state index contributed by atoms with van der Waals surface area (Å²) in [4.78, 5) is 11.8. The monoisotopic (exact) mass is 227 g/mol. The topological polar surface area (TPSA) is 49.3 Å². The first-order chi connectivity index (χ1) is 7.63. The minimum Gasteiger partial charge on any atom is -0.396 e. The second-order valence-electron chi connectivity index (χ2n) is 5.32. The Hall–Kier alpha value is -0.570. The van der Waals surface area contributed by atoms with Crippen LogP contribution in [0.3, 0.4) is 0 Å². The second kappa shape index (κ2) is 6.89. The molecule has 0 aliphatic heterocycles. The maximum absolute atomic E-state index is 11.8. The van der Waals surface area contributed by atoms with E-state index in [-0.39, 0.29) is 18.4 Å². The molecule has 94 valence electrons. The molecule has 1 fully saturated rings. The summed E-state index contributed by atoms with van der Waals surface area (Å²) >= 11 is 0. The van der Waals surface area contributed by atoms with Gasteiger partial charge in [-0.1, -0.05) is 13.8 Å². The van der Waals surface area contributed by atoms with E-state index >= 15 is 0 Å². The Morgan fingerprint density at radius 2 is 2.00 bits per heavy atom. The zero-order valence-corrected chi connectivity index (χ0v) is 10.5. The molecule has 2 N–H and O–H groups in total. The van der Waals surface area contributed by atoms with Gasteiger partial charge in [0, 0.05) is 19.1 Å². The number of aliphatic hydroxyl groups is 1. The Balaban J connectivity index is 2.19. The van der Waals surface area contributed by atoms with E-state index in [4.69, 9.17) is 5.11 Å². The van der Waals surface area contributed by atoms with Gasteiger partial charge in [-0.3, -0.25) is 4.79 Å². The highest BCUT2D eigenvalue weighted by atomic mass is 16.3. The molecule has 0 aromatic carbocycles. The fourth-order valence-electron chi connectivity index (χ4n) is 2.26. The lowest BCUT2D eigenvalue weighted by Gasteiger charge is -2.25. The minimum absolute atomic E-state index is 0.206. The number of hydrogen-bond acceptors (Lipinski definition) is 2. The van der Waals surface area contributed by atoms with Crippen LogP contribution in [0.15, 0.2) is 0 Å². The van der Waals surface area contributed by atoms with Crippen LogP contribution in [0, 0.1) is 17.8 Å². The molecule has 0 aromatic rings. The van der Waals surface area contributed by atoms with Gasteiger partial charge in [-0.25, -0.2) is 0 Å². The largest absolute Gasteiger partial charge is 0.396 e. The molecule has 0 spiro atoms. The van der Waals surface area contributed by atoms with Gasteiger partial charge in [0.2, 0.25) is 5.91 Å². The van der Waals surface area contributed by atoms with Crippen molar-refractivity contribution in [3.05, 3.63) is 0 Å². The molecule has 0 bridgehead atoms. The predicted octanol–water partition coefficient (Wildman–Crippen LogP) is 1.95. The van der Waals surface area contributed by atoms with Crippen molar-refractivity contribution < 1.29 is 9.90 Å². The van der Waals surface area contributed by atoms with Gasteiger partial charge in [0.25, 0.3) is 0 Å². The molecular formula is C13H25NO2. The van der Waals surface area contributed by atoms with Gasteiger partial charge in [0.1, 0.15) is 0 Å². The molecule has 3 nitrogen and oxygen atoms in total. The van der Waals surface area contributed by atoms with E-state index in [9.17, 15) is 4.79 Å². The Morgan fingerprint density at radius 3 is 2.56 bits per heavy atom. The normalized spacial score (nSPS) is 27.4. The van der Waals surface area contributed by atoms with Gasteiger partial charge in [-0.15, -0.1) is 0 Å². The summed E-state index contributed by atoms with van der Waals surface area (Å²) in [5, 5.41) is 11.8. The minimum atomic E-state index is 0.206. The summed E-state index contributed by atoms with van der Waals surface area (Å²) in [5.74, 6) is 1.61. The molecule has 1 amide bonds. The van der Waals surface area contributed by atoms with Crippen LogP contribution in [0.4, 0.5) is 0 Å². The number of amides is 1. The summed E-state index contributed by atoms with van der Waals surface area (Å²) in [6.07, 6.45) is 5.22. The van der Waals surface area contributed by atoms with Gasteiger partial charge in [-0.2, -0.15) is 0 Å². The lowest BCUT2D eigenvalue weighted by molar-refractivity contribution is -0.126. The number of aliphatic hydroxyl groups excluding tert-OH is 1. The van der Waals surface area contributed by atoms with Gasteiger partial charge in [0.15, 0.2) is 0 Å². The first-order valence-electron chi connectivity index (χ1n) is 6.52. The van der Waals surface area contributed by atoms with Crippen molar-refractivity contribution >= 4 is 5.91 Å². The lowest BCUT2D eigenvalue weighted by atomic mass is 9.82. The first kappa shape index (κ1) is 13.5. The van der Waals surface area contributed by atoms with Crippen LogP contribution in [0.5, 0.6) is 0 Å². The summed E-state index contributed by atoms with van der Waals surface area (Å²) < 4.78 is 0. The van der Waals surface area contributed by atoms with E-state index in [1.807, 2.05) is 0 Å². The molecule has 1 aliphatic carbocycles. The van der Waals surface area contributed by atoms with Crippen LogP contribution in [0.25, 0.3) is 0 Å². The van der Waals surface area contributed by atoms with Gasteiger partial charge in [-0.05, 0) is 43.9 Å². The first-order valence-corrected chi connectivity index (χ1v) is 6.52. The fraction of sp³-hybridized carbons (Fsp3) is 0.923. The zero-order chi connectivity index (χ0) is 12.0. The molecule has 0 aromatic heterocycles. The van der Waals surface area contributed by atoms with Crippen LogP contribution in [-0.2, 0) is 4.79 Å². The Morgan fingerprint density at radius 1 is 1.38 bits per heavy atom. The van der Waals surface area contributed by atoms with Crippen LogP contribution >= 0.6 is 0 Å². The van der Waals surface area contributed by atoms with Gasteiger partial charge in [0.05, 0.1) is 0 Å². The van der Waals surface area contributed by atoms with E-state index in [1.165, 1.54) is 12.8 Å². The number of carbonyl (C=O) groups excluding carboxylic acids is 1. The van der Waals surface area contributed by atoms with Crippen LogP contribution in [0.1, 0.15) is 46.0 Å². The van der Waals surface area contributed by atoms with E-state index < -0.39 is 0 Å². The van der Waals surface area contributed by atoms with E-state index in [1.54, 1.807) is 0 Å². The average Bonchev–Trinajstić information content (AvgIpc) is 2.27. The SMILES string of the molecule is CC1CCC(C(=O)NCC(C)CCO)CC1. The molecule has 3 heteroatoms. The van der Waals surface area contributed by atoms with E-state index in [0.717, 1.165) is 25.2 Å². The molecule has 1 aliphatic rings. The number of rotatable bonds is 5. The summed E-state index contributed by atoms with van der Waals surface area (Å²) in [6.45, 7) is 5.22. The van der Waals surface area contributed by atoms with Crippen molar-refractivity contribution in [2.75, 3.05) is 13.2 Å². The van der Waals surface area contributed by atoms with Crippen LogP contribution in [0.2, 0.25) is 0 Å². The van der Waals surface area contributed by atoms with Gasteiger partial charge < -0.3 is 10.4 Å². The van der Waals surface area contributed by atoms with E-state index in [2.05, 4.69) is 19.2 Å². The molecule has 1 unspecified atom stereocenters. The smallest absolute Gasteiger partial charge is 0.223 e. The standard InChI is InChI=1S/C13H25NO2/c1-10-3-5-12(6-4-10)13(16)14-9-11(2)7-8-15/h10-12,15H,3-9H2,1-2H3,(H,14,16). The third-order valence-electron chi connectivity index (χ3n) is 3.63. The van der Waals surface area contributed by atoms with Gasteiger partial charge >= 0.3 is 0 Å². The summed E-state index contributed by atoms with van der Waals surface area (Å²) in [7, 11) is 0. The molecule has 1 saturated carbocycles. The quantitative estimate of drug-likeness (QED) is 0.754. The van der Waals surface area contributed by atoms with Crippen molar-refractivity contribution in [2.24, 2.45) is 17.8 Å². The molecular weight excluding hydrogens is 202 g/mol. The third-order valence-corrected chi connectivity index (χ3v) is 3.63. The van der Waals surface area contributed by atoms with Crippen molar-refractivity contribution in [1.82, 2.24) is 5.32 Å². The highest BCUT2D eigenvalue weighted by Gasteiger charge is 2.24. The Labute approximate surface area is 98.6 Å². The molecule has 0 saturated heterocycles.